The third-order valence-electron chi connectivity index (χ3n) is 13.9. The van der Waals surface area contributed by atoms with Crippen molar-refractivity contribution in [3.63, 3.8) is 0 Å². The Morgan fingerprint density at radius 2 is 0.704 bits per heavy atom. The average Bonchev–Trinajstić information content (AvgIpc) is 4.08. The van der Waals surface area contributed by atoms with Crippen LogP contribution in [-0.2, 0) is 0 Å². The fraction of sp³-hybridized carbons (Fsp3) is 0. The number of benzene rings is 10. The van der Waals surface area contributed by atoms with Gasteiger partial charge in [-0.15, -0.1) is 0 Å². The number of rotatable bonds is 7. The molecule has 10 aromatic carbocycles. The Morgan fingerprint density at radius 3 is 1.18 bits per heavy atom. The van der Waals surface area contributed by atoms with Gasteiger partial charge in [-0.2, -0.15) is 5.26 Å². The summed E-state index contributed by atoms with van der Waals surface area (Å²) in [5.74, 6) is 1.64. The molecule has 0 spiro atoms. The van der Waals surface area contributed by atoms with Crippen molar-refractivity contribution < 1.29 is 0 Å². The van der Waals surface area contributed by atoms with Gasteiger partial charge >= 0.3 is 0 Å². The van der Waals surface area contributed by atoms with Crippen LogP contribution >= 0.6 is 0 Å². The zero-order valence-electron chi connectivity index (χ0n) is 38.1. The van der Waals surface area contributed by atoms with Crippen LogP contribution < -0.4 is 0 Å². The zero-order valence-corrected chi connectivity index (χ0v) is 38.1. The fourth-order valence-electron chi connectivity index (χ4n) is 10.8. The van der Waals surface area contributed by atoms with E-state index in [0.717, 1.165) is 88.8 Å². The van der Waals surface area contributed by atoms with Crippen molar-refractivity contribution in [2.45, 2.75) is 0 Å². The second kappa shape index (κ2) is 16.1. The lowest BCUT2D eigenvalue weighted by molar-refractivity contribution is 1.06. The SMILES string of the molecule is N#Cc1ccccc1-c1ccc(-n2c3cc(-n4c5ccccc5c5ccccc54)ccc3c3ccc(-n4c5ccccc5c5ccccc54)cc32)c(-c2nc(-c3ccccc3)nc(-c3ccccc3)n2)c1. The third kappa shape index (κ3) is 6.40. The molecular formula is C64H39N7. The second-order valence-electron chi connectivity index (χ2n) is 17.9. The van der Waals surface area contributed by atoms with E-state index >= 15 is 0 Å². The van der Waals surface area contributed by atoms with E-state index in [1.807, 2.05) is 84.9 Å². The summed E-state index contributed by atoms with van der Waals surface area (Å²) in [5.41, 5.74) is 14.4. The first-order chi connectivity index (χ1) is 35.2. The monoisotopic (exact) mass is 905 g/mol. The number of aromatic nitrogens is 6. The molecule has 0 aliphatic heterocycles. The predicted octanol–water partition coefficient (Wildman–Crippen LogP) is 15.7. The number of nitriles is 1. The number of hydrogen-bond donors (Lipinski definition) is 0. The van der Waals surface area contributed by atoms with Crippen molar-refractivity contribution in [1.82, 2.24) is 28.7 Å². The van der Waals surface area contributed by atoms with Crippen LogP contribution in [0.4, 0.5) is 0 Å². The zero-order chi connectivity index (χ0) is 47.0. The Hall–Kier alpha value is -9.90. The Labute approximate surface area is 408 Å². The molecule has 71 heavy (non-hydrogen) atoms. The van der Waals surface area contributed by atoms with E-state index in [0.29, 0.717) is 23.0 Å². The molecule has 7 heteroatoms. The van der Waals surface area contributed by atoms with Gasteiger partial charge in [-0.3, -0.25) is 0 Å². The molecule has 0 saturated heterocycles. The van der Waals surface area contributed by atoms with E-state index in [4.69, 9.17) is 15.0 Å². The minimum atomic E-state index is 0.510. The summed E-state index contributed by atoms with van der Waals surface area (Å²) in [7, 11) is 0. The lowest BCUT2D eigenvalue weighted by Crippen LogP contribution is -2.04. The number of fused-ring (bicyclic) bond motifs is 9. The van der Waals surface area contributed by atoms with Crippen molar-refractivity contribution in [1.29, 1.82) is 5.26 Å². The van der Waals surface area contributed by atoms with Gasteiger partial charge in [0.1, 0.15) is 0 Å². The first-order valence-electron chi connectivity index (χ1n) is 23.7. The molecule has 4 heterocycles. The van der Waals surface area contributed by atoms with E-state index in [-0.39, 0.29) is 0 Å². The normalized spacial score (nSPS) is 11.6. The van der Waals surface area contributed by atoms with E-state index in [2.05, 4.69) is 171 Å². The molecule has 0 unspecified atom stereocenters. The molecule has 14 aromatic rings. The number of para-hydroxylation sites is 4. The molecule has 0 fully saturated rings. The molecule has 0 atom stereocenters. The molecular weight excluding hydrogens is 867 g/mol. The van der Waals surface area contributed by atoms with Gasteiger partial charge in [-0.05, 0) is 77.9 Å². The first kappa shape index (κ1) is 40.2. The van der Waals surface area contributed by atoms with Crippen LogP contribution in [0.15, 0.2) is 237 Å². The van der Waals surface area contributed by atoms with Gasteiger partial charge in [0.25, 0.3) is 0 Å². The summed E-state index contributed by atoms with van der Waals surface area (Å²) >= 11 is 0. The number of nitrogens with zero attached hydrogens (tertiary/aromatic N) is 7. The summed E-state index contributed by atoms with van der Waals surface area (Å²) in [6, 6.07) is 85.1. The molecule has 0 bridgehead atoms. The van der Waals surface area contributed by atoms with Crippen LogP contribution in [0.25, 0.3) is 128 Å². The van der Waals surface area contributed by atoms with Crippen molar-refractivity contribution >= 4 is 65.4 Å². The lowest BCUT2D eigenvalue weighted by atomic mass is 9.97. The van der Waals surface area contributed by atoms with Crippen LogP contribution in [0.3, 0.4) is 0 Å². The van der Waals surface area contributed by atoms with Gasteiger partial charge < -0.3 is 13.7 Å². The molecule has 14 rings (SSSR count). The van der Waals surface area contributed by atoms with Crippen LogP contribution in [0.1, 0.15) is 5.56 Å². The van der Waals surface area contributed by atoms with Crippen LogP contribution in [0.2, 0.25) is 0 Å². The minimum absolute atomic E-state index is 0.510. The summed E-state index contributed by atoms with van der Waals surface area (Å²) in [6.07, 6.45) is 0. The van der Waals surface area contributed by atoms with Crippen LogP contribution in [0, 0.1) is 11.3 Å². The van der Waals surface area contributed by atoms with Crippen molar-refractivity contribution in [2.24, 2.45) is 0 Å². The van der Waals surface area contributed by atoms with Gasteiger partial charge in [0.15, 0.2) is 17.5 Å². The molecule has 4 aromatic heterocycles. The summed E-state index contributed by atoms with van der Waals surface area (Å²) in [4.78, 5) is 15.8. The molecule has 0 saturated carbocycles. The van der Waals surface area contributed by atoms with Crippen molar-refractivity contribution in [2.75, 3.05) is 0 Å². The maximum atomic E-state index is 10.4. The molecule has 0 aliphatic carbocycles. The first-order valence-corrected chi connectivity index (χ1v) is 23.7. The van der Waals surface area contributed by atoms with E-state index in [1.165, 1.54) is 21.5 Å². The highest BCUT2D eigenvalue weighted by Gasteiger charge is 2.23. The van der Waals surface area contributed by atoms with Crippen molar-refractivity contribution in [3.05, 3.63) is 242 Å². The van der Waals surface area contributed by atoms with E-state index in [9.17, 15) is 5.26 Å². The van der Waals surface area contributed by atoms with Gasteiger partial charge in [-0.25, -0.2) is 15.0 Å². The van der Waals surface area contributed by atoms with Crippen molar-refractivity contribution in [3.8, 4) is 68.4 Å². The van der Waals surface area contributed by atoms with Gasteiger partial charge in [0, 0.05) is 60.4 Å². The number of hydrogen-bond acceptors (Lipinski definition) is 4. The summed E-state index contributed by atoms with van der Waals surface area (Å²) in [6.45, 7) is 0. The minimum Gasteiger partial charge on any atom is -0.309 e. The van der Waals surface area contributed by atoms with E-state index in [1.54, 1.807) is 0 Å². The van der Waals surface area contributed by atoms with E-state index < -0.39 is 0 Å². The molecule has 330 valence electrons. The topological polar surface area (TPSA) is 77.2 Å². The van der Waals surface area contributed by atoms with Crippen LogP contribution in [0.5, 0.6) is 0 Å². The Morgan fingerprint density at radius 1 is 0.296 bits per heavy atom. The summed E-state index contributed by atoms with van der Waals surface area (Å²) < 4.78 is 7.15. The second-order valence-corrected chi connectivity index (χ2v) is 17.9. The predicted molar refractivity (Wildman–Crippen MR) is 289 cm³/mol. The maximum Gasteiger partial charge on any atom is 0.166 e. The lowest BCUT2D eigenvalue weighted by Gasteiger charge is -2.17. The maximum absolute atomic E-state index is 10.4. The molecule has 0 N–H and O–H groups in total. The molecule has 0 amide bonds. The highest BCUT2D eigenvalue weighted by molar-refractivity contribution is 6.14. The quantitative estimate of drug-likeness (QED) is 0.160. The Bertz CT molecular complexity index is 4140. The molecule has 0 aliphatic rings. The van der Waals surface area contributed by atoms with Gasteiger partial charge in [-0.1, -0.05) is 170 Å². The Kier molecular flexibility index (Phi) is 9.13. The van der Waals surface area contributed by atoms with Gasteiger partial charge in [0.05, 0.1) is 50.4 Å². The largest absolute Gasteiger partial charge is 0.309 e. The molecule has 0 radical (unpaired) electrons. The Balaban J connectivity index is 1.11. The average molecular weight is 906 g/mol. The standard InChI is InChI=1S/C64H39N7/c65-40-44-21-7-8-22-47(44)43-31-36-59(54(37-43)64-67-62(41-17-3-1-4-18-41)66-63(68-64)42-19-5-2-6-20-42)71-60-38-45(69-55-27-13-9-23-48(55)49-24-10-14-28-56(49)69)32-34-52(60)53-35-33-46(39-61(53)71)70-57-29-15-11-25-50(57)51-26-12-16-30-58(51)70/h1-39H. The third-order valence-corrected chi connectivity index (χ3v) is 13.9. The van der Waals surface area contributed by atoms with Crippen LogP contribution in [-0.4, -0.2) is 28.7 Å². The highest BCUT2D eigenvalue weighted by atomic mass is 15.1. The fourth-order valence-corrected chi connectivity index (χ4v) is 10.8. The highest BCUT2D eigenvalue weighted by Crippen LogP contribution is 2.42. The molecule has 7 nitrogen and oxygen atoms in total. The summed E-state index contributed by atoms with van der Waals surface area (Å²) in [5, 5.41) is 17.4. The van der Waals surface area contributed by atoms with Gasteiger partial charge in [0.2, 0.25) is 0 Å². The smallest absolute Gasteiger partial charge is 0.166 e.